The van der Waals surface area contributed by atoms with Gasteiger partial charge in [-0.15, -0.1) is 0 Å². The van der Waals surface area contributed by atoms with Gasteiger partial charge >= 0.3 is 0 Å². The zero-order valence-corrected chi connectivity index (χ0v) is 12.4. The Labute approximate surface area is 119 Å². The van der Waals surface area contributed by atoms with Crippen molar-refractivity contribution in [1.82, 2.24) is 5.32 Å². The largest absolute Gasteiger partial charge is 0.493 e. The van der Waals surface area contributed by atoms with Crippen LogP contribution in [0.15, 0.2) is 12.1 Å². The van der Waals surface area contributed by atoms with Gasteiger partial charge in [0.25, 0.3) is 5.91 Å². The molecule has 0 aromatic heterocycles. The number of rotatable bonds is 7. The summed E-state index contributed by atoms with van der Waals surface area (Å²) in [6, 6.07) is 3.17. The highest BCUT2D eigenvalue weighted by Crippen LogP contribution is 2.38. The Kier molecular flexibility index (Phi) is 6.11. The van der Waals surface area contributed by atoms with E-state index in [9.17, 15) is 4.79 Å². The fourth-order valence-corrected chi connectivity index (χ4v) is 1.81. The molecule has 1 aromatic carbocycles. The molecule has 1 atom stereocenters. The Hall–Kier alpha value is -1.95. The number of amides is 1. The van der Waals surface area contributed by atoms with E-state index in [1.807, 2.05) is 6.92 Å². The number of nitrogens with two attached hydrogens (primary N) is 1. The summed E-state index contributed by atoms with van der Waals surface area (Å²) in [5.74, 6) is 1.12. The average Bonchev–Trinajstić information content (AvgIpc) is 2.50. The van der Waals surface area contributed by atoms with Crippen LogP contribution in [0.1, 0.15) is 23.7 Å². The quantitative estimate of drug-likeness (QED) is 0.784. The van der Waals surface area contributed by atoms with Crippen molar-refractivity contribution in [3.8, 4) is 17.2 Å². The van der Waals surface area contributed by atoms with Crippen LogP contribution in [-0.2, 0) is 0 Å². The summed E-state index contributed by atoms with van der Waals surface area (Å²) >= 11 is 0. The summed E-state index contributed by atoms with van der Waals surface area (Å²) in [6.07, 6.45) is 0.771. The normalized spacial score (nSPS) is 11.7. The first-order chi connectivity index (χ1) is 9.60. The minimum atomic E-state index is -0.221. The first-order valence-corrected chi connectivity index (χ1v) is 6.42. The first-order valence-electron chi connectivity index (χ1n) is 6.42. The molecule has 6 heteroatoms. The van der Waals surface area contributed by atoms with Gasteiger partial charge in [-0.3, -0.25) is 4.79 Å². The molecule has 0 spiro atoms. The van der Waals surface area contributed by atoms with Crippen molar-refractivity contribution in [3.63, 3.8) is 0 Å². The molecule has 20 heavy (non-hydrogen) atoms. The van der Waals surface area contributed by atoms with E-state index in [0.29, 0.717) is 29.4 Å². The molecule has 0 saturated heterocycles. The van der Waals surface area contributed by atoms with Gasteiger partial charge in [-0.2, -0.15) is 0 Å². The molecule has 0 radical (unpaired) electrons. The second kappa shape index (κ2) is 7.59. The molecule has 1 rings (SSSR count). The van der Waals surface area contributed by atoms with Gasteiger partial charge in [0.15, 0.2) is 11.5 Å². The molecule has 3 N–H and O–H groups in total. The molecule has 0 bridgehead atoms. The number of carbonyl (C=O) groups is 1. The Morgan fingerprint density at radius 2 is 1.75 bits per heavy atom. The van der Waals surface area contributed by atoms with E-state index in [4.69, 9.17) is 19.9 Å². The van der Waals surface area contributed by atoms with Crippen LogP contribution in [0.2, 0.25) is 0 Å². The number of methoxy groups -OCH3 is 3. The average molecular weight is 282 g/mol. The third kappa shape index (κ3) is 3.54. The third-order valence-electron chi connectivity index (χ3n) is 3.04. The molecule has 112 valence electrons. The maximum Gasteiger partial charge on any atom is 0.251 e. The number of carbonyl (C=O) groups excluding carboxylic acids is 1. The molecule has 0 heterocycles. The Morgan fingerprint density at radius 3 is 2.10 bits per heavy atom. The monoisotopic (exact) mass is 282 g/mol. The van der Waals surface area contributed by atoms with Crippen LogP contribution in [0, 0.1) is 0 Å². The standard InChI is InChI=1S/C14H22N2O4/c1-5-10(8-15)16-14(17)9-6-11(18-2)13(20-4)12(7-9)19-3/h6-7,10H,5,8,15H2,1-4H3,(H,16,17). The Morgan fingerprint density at radius 1 is 1.20 bits per heavy atom. The van der Waals surface area contributed by atoms with Crippen LogP contribution in [0.25, 0.3) is 0 Å². The number of hydrogen-bond donors (Lipinski definition) is 2. The second-order valence-corrected chi connectivity index (χ2v) is 4.23. The first kappa shape index (κ1) is 16.1. The van der Waals surface area contributed by atoms with Gasteiger partial charge < -0.3 is 25.3 Å². The predicted molar refractivity (Wildman–Crippen MR) is 76.7 cm³/mol. The summed E-state index contributed by atoms with van der Waals surface area (Å²) in [5.41, 5.74) is 6.02. The van der Waals surface area contributed by atoms with Gasteiger partial charge in [0, 0.05) is 18.2 Å². The van der Waals surface area contributed by atoms with Crippen LogP contribution in [0.3, 0.4) is 0 Å². The van der Waals surface area contributed by atoms with E-state index in [2.05, 4.69) is 5.32 Å². The summed E-state index contributed by atoms with van der Waals surface area (Å²) in [7, 11) is 4.53. The van der Waals surface area contributed by atoms with E-state index >= 15 is 0 Å². The van der Waals surface area contributed by atoms with Crippen molar-refractivity contribution in [2.24, 2.45) is 5.73 Å². The summed E-state index contributed by atoms with van der Waals surface area (Å²) in [6.45, 7) is 2.36. The molecule has 1 unspecified atom stereocenters. The van der Waals surface area contributed by atoms with Gasteiger partial charge in [-0.1, -0.05) is 6.92 Å². The maximum atomic E-state index is 12.2. The number of benzene rings is 1. The molecular formula is C14H22N2O4. The summed E-state index contributed by atoms with van der Waals surface area (Å²) < 4.78 is 15.6. The van der Waals surface area contributed by atoms with Crippen LogP contribution < -0.4 is 25.3 Å². The molecular weight excluding hydrogens is 260 g/mol. The van der Waals surface area contributed by atoms with Gasteiger partial charge in [-0.05, 0) is 18.6 Å². The van der Waals surface area contributed by atoms with E-state index in [1.165, 1.54) is 21.3 Å². The predicted octanol–water partition coefficient (Wildman–Crippen LogP) is 1.18. The van der Waals surface area contributed by atoms with Gasteiger partial charge in [0.1, 0.15) is 0 Å². The summed E-state index contributed by atoms with van der Waals surface area (Å²) in [5, 5.41) is 2.86. The highest BCUT2D eigenvalue weighted by molar-refractivity contribution is 5.95. The minimum absolute atomic E-state index is 0.0541. The lowest BCUT2D eigenvalue weighted by molar-refractivity contribution is 0.0936. The molecule has 6 nitrogen and oxygen atoms in total. The van der Waals surface area contributed by atoms with Crippen molar-refractivity contribution in [2.75, 3.05) is 27.9 Å². The zero-order valence-electron chi connectivity index (χ0n) is 12.4. The third-order valence-corrected chi connectivity index (χ3v) is 3.04. The fourth-order valence-electron chi connectivity index (χ4n) is 1.81. The highest BCUT2D eigenvalue weighted by Gasteiger charge is 2.18. The molecule has 0 fully saturated rings. The number of nitrogens with one attached hydrogen (secondary N) is 1. The van der Waals surface area contributed by atoms with Crippen LogP contribution in [-0.4, -0.2) is 39.8 Å². The van der Waals surface area contributed by atoms with Crippen molar-refractivity contribution < 1.29 is 19.0 Å². The SMILES string of the molecule is CCC(CN)NC(=O)c1cc(OC)c(OC)c(OC)c1. The molecule has 1 aromatic rings. The van der Waals surface area contributed by atoms with Crippen molar-refractivity contribution in [2.45, 2.75) is 19.4 Å². The maximum absolute atomic E-state index is 12.2. The lowest BCUT2D eigenvalue weighted by Crippen LogP contribution is -2.39. The Bertz CT molecular complexity index is 433. The number of ether oxygens (including phenoxy) is 3. The fraction of sp³-hybridized carbons (Fsp3) is 0.500. The van der Waals surface area contributed by atoms with Gasteiger partial charge in [-0.25, -0.2) is 0 Å². The lowest BCUT2D eigenvalue weighted by Gasteiger charge is -2.17. The lowest BCUT2D eigenvalue weighted by atomic mass is 10.1. The van der Waals surface area contributed by atoms with E-state index in [0.717, 1.165) is 6.42 Å². The van der Waals surface area contributed by atoms with Crippen molar-refractivity contribution >= 4 is 5.91 Å². The topological polar surface area (TPSA) is 82.8 Å². The zero-order chi connectivity index (χ0) is 15.1. The molecule has 0 aliphatic heterocycles. The molecule has 0 aliphatic carbocycles. The minimum Gasteiger partial charge on any atom is -0.493 e. The second-order valence-electron chi connectivity index (χ2n) is 4.23. The smallest absolute Gasteiger partial charge is 0.251 e. The van der Waals surface area contributed by atoms with E-state index < -0.39 is 0 Å². The Balaban J connectivity index is 3.09. The molecule has 0 aliphatic rings. The number of hydrogen-bond acceptors (Lipinski definition) is 5. The van der Waals surface area contributed by atoms with Crippen molar-refractivity contribution in [1.29, 1.82) is 0 Å². The van der Waals surface area contributed by atoms with Crippen LogP contribution >= 0.6 is 0 Å². The summed E-state index contributed by atoms with van der Waals surface area (Å²) in [4.78, 5) is 12.2. The molecule has 1 amide bonds. The van der Waals surface area contributed by atoms with E-state index in [-0.39, 0.29) is 11.9 Å². The van der Waals surface area contributed by atoms with Gasteiger partial charge in [0.05, 0.1) is 21.3 Å². The van der Waals surface area contributed by atoms with E-state index in [1.54, 1.807) is 12.1 Å². The van der Waals surface area contributed by atoms with Gasteiger partial charge in [0.2, 0.25) is 5.75 Å². The van der Waals surface area contributed by atoms with Crippen LogP contribution in [0.4, 0.5) is 0 Å². The highest BCUT2D eigenvalue weighted by atomic mass is 16.5. The molecule has 0 saturated carbocycles. The van der Waals surface area contributed by atoms with Crippen molar-refractivity contribution in [3.05, 3.63) is 17.7 Å². The van der Waals surface area contributed by atoms with Crippen LogP contribution in [0.5, 0.6) is 17.2 Å².